The average Bonchev–Trinajstić information content (AvgIpc) is 2.55. The van der Waals surface area contributed by atoms with Gasteiger partial charge >= 0.3 is 11.9 Å². The van der Waals surface area contributed by atoms with Gasteiger partial charge in [0.15, 0.2) is 5.85 Å². The lowest BCUT2D eigenvalue weighted by molar-refractivity contribution is -0.143. The molecule has 4 atom stereocenters. The first kappa shape index (κ1) is 21.4. The highest BCUT2D eigenvalue weighted by Gasteiger charge is 2.41. The van der Waals surface area contributed by atoms with Gasteiger partial charge in [0, 0.05) is 19.2 Å². The van der Waals surface area contributed by atoms with Gasteiger partial charge in [0.25, 0.3) is 0 Å². The predicted molar refractivity (Wildman–Crippen MR) is 92.7 cm³/mol. The van der Waals surface area contributed by atoms with E-state index in [1.165, 1.54) is 7.11 Å². The van der Waals surface area contributed by atoms with Crippen LogP contribution in [0.4, 0.5) is 0 Å². The van der Waals surface area contributed by atoms with Crippen molar-refractivity contribution in [2.75, 3.05) is 7.11 Å². The third-order valence-electron chi connectivity index (χ3n) is 4.25. The number of carbonyl (C=O) groups is 2. The smallest absolute Gasteiger partial charge is 0.306 e. The molecule has 0 amide bonds. The molecule has 0 spiro atoms. The quantitative estimate of drug-likeness (QED) is 0.509. The van der Waals surface area contributed by atoms with Gasteiger partial charge in [-0.1, -0.05) is 37.3 Å². The first-order chi connectivity index (χ1) is 11.7. The number of ether oxygens (including phenoxy) is 1. The molecule has 0 aliphatic heterocycles. The van der Waals surface area contributed by atoms with Gasteiger partial charge in [-0.05, 0) is 24.8 Å². The van der Waals surface area contributed by atoms with E-state index < -0.39 is 36.7 Å². The first-order valence-corrected chi connectivity index (χ1v) is 9.88. The van der Waals surface area contributed by atoms with Crippen LogP contribution in [0.15, 0.2) is 30.3 Å². The van der Waals surface area contributed by atoms with Crippen LogP contribution >= 0.6 is 7.37 Å². The minimum atomic E-state index is -3.91. The Kier molecular flexibility index (Phi) is 8.29. The summed E-state index contributed by atoms with van der Waals surface area (Å²) in [7, 11) is -2.57. The van der Waals surface area contributed by atoms with Crippen LogP contribution in [0.1, 0.15) is 44.0 Å². The van der Waals surface area contributed by atoms with E-state index in [9.17, 15) is 24.2 Å². The zero-order valence-corrected chi connectivity index (χ0v) is 15.3. The van der Waals surface area contributed by atoms with Crippen molar-refractivity contribution in [2.24, 2.45) is 5.92 Å². The summed E-state index contributed by atoms with van der Waals surface area (Å²) >= 11 is 0. The highest BCUT2D eigenvalue weighted by molar-refractivity contribution is 7.59. The Morgan fingerprint density at radius 3 is 2.24 bits per heavy atom. The van der Waals surface area contributed by atoms with Gasteiger partial charge in [-0.2, -0.15) is 0 Å². The van der Waals surface area contributed by atoms with E-state index in [1.807, 2.05) is 0 Å². The lowest BCUT2D eigenvalue weighted by Crippen LogP contribution is -2.23. The molecule has 0 fully saturated rings. The summed E-state index contributed by atoms with van der Waals surface area (Å²) in [5, 5.41) is 18.1. The molecule has 25 heavy (non-hydrogen) atoms. The summed E-state index contributed by atoms with van der Waals surface area (Å²) in [5.74, 6) is -4.29. The molecule has 7 nitrogen and oxygen atoms in total. The van der Waals surface area contributed by atoms with Crippen molar-refractivity contribution in [3.8, 4) is 0 Å². The standard InChI is InChI=1S/C17H25O7P/c1-3-14(11-13(16(20)21)9-10-15(18)19)25(22,23)17(24-2)12-7-5-4-6-8-12/h4-8,13-14,17H,3,9-11H2,1-2H3,(H,18,19)(H,20,21)(H,22,23). The van der Waals surface area contributed by atoms with Crippen molar-refractivity contribution in [2.45, 2.75) is 44.1 Å². The van der Waals surface area contributed by atoms with Gasteiger partial charge in [-0.15, -0.1) is 0 Å². The minimum Gasteiger partial charge on any atom is -0.481 e. The van der Waals surface area contributed by atoms with Crippen LogP contribution in [-0.4, -0.2) is 39.8 Å². The van der Waals surface area contributed by atoms with Gasteiger partial charge in [0.2, 0.25) is 7.37 Å². The molecule has 4 unspecified atom stereocenters. The van der Waals surface area contributed by atoms with Gasteiger partial charge in [-0.3, -0.25) is 14.2 Å². The number of rotatable bonds is 11. The number of hydrogen-bond donors (Lipinski definition) is 3. The van der Waals surface area contributed by atoms with Crippen molar-refractivity contribution < 1.29 is 34.0 Å². The van der Waals surface area contributed by atoms with Crippen molar-refractivity contribution in [1.29, 1.82) is 0 Å². The third-order valence-corrected chi connectivity index (χ3v) is 7.05. The van der Waals surface area contributed by atoms with E-state index in [0.29, 0.717) is 5.56 Å². The Morgan fingerprint density at radius 2 is 1.80 bits per heavy atom. The summed E-state index contributed by atoms with van der Waals surface area (Å²) in [6, 6.07) is 8.61. The molecule has 0 heterocycles. The van der Waals surface area contributed by atoms with E-state index in [4.69, 9.17) is 9.84 Å². The van der Waals surface area contributed by atoms with Crippen LogP contribution in [0.2, 0.25) is 0 Å². The second kappa shape index (κ2) is 9.70. The molecule has 3 N–H and O–H groups in total. The maximum atomic E-state index is 13.1. The largest absolute Gasteiger partial charge is 0.481 e. The van der Waals surface area contributed by atoms with Crippen LogP contribution in [0, 0.1) is 5.92 Å². The lowest BCUT2D eigenvalue weighted by atomic mass is 9.97. The Bertz CT molecular complexity index is 617. The van der Waals surface area contributed by atoms with E-state index in [0.717, 1.165) is 0 Å². The summed E-state index contributed by atoms with van der Waals surface area (Å²) in [6.07, 6.45) is -0.156. The number of benzene rings is 1. The molecule has 1 aromatic carbocycles. The summed E-state index contributed by atoms with van der Waals surface area (Å²) in [4.78, 5) is 32.8. The number of carboxylic acid groups (broad SMARTS) is 2. The Labute approximate surface area is 147 Å². The average molecular weight is 372 g/mol. The van der Waals surface area contributed by atoms with Gasteiger partial charge in [0.1, 0.15) is 0 Å². The molecule has 0 aliphatic rings. The molecule has 140 valence electrons. The maximum Gasteiger partial charge on any atom is 0.306 e. The highest BCUT2D eigenvalue weighted by Crippen LogP contribution is 2.62. The SMILES string of the molecule is CCC(CC(CCC(=O)O)C(=O)O)P(=O)(O)C(OC)c1ccccc1. The molecular formula is C17H25O7P. The predicted octanol–water partition coefficient (Wildman–Crippen LogP) is 3.34. The summed E-state index contributed by atoms with van der Waals surface area (Å²) < 4.78 is 18.4. The molecule has 1 rings (SSSR count). The van der Waals surface area contributed by atoms with Crippen LogP contribution in [0.5, 0.6) is 0 Å². The fourth-order valence-corrected chi connectivity index (χ4v) is 5.22. The number of hydrogen-bond acceptors (Lipinski definition) is 4. The Morgan fingerprint density at radius 1 is 1.20 bits per heavy atom. The van der Waals surface area contributed by atoms with Crippen LogP contribution in [-0.2, 0) is 18.9 Å². The summed E-state index contributed by atoms with van der Waals surface area (Å²) in [5.41, 5.74) is -0.251. The molecule has 0 bridgehead atoms. The zero-order valence-electron chi connectivity index (χ0n) is 14.4. The molecule has 1 aromatic rings. The van der Waals surface area contributed by atoms with E-state index >= 15 is 0 Å². The molecule has 0 saturated carbocycles. The molecule has 0 saturated heterocycles. The van der Waals surface area contributed by atoms with Crippen LogP contribution < -0.4 is 0 Å². The van der Waals surface area contributed by atoms with Gasteiger partial charge < -0.3 is 19.8 Å². The van der Waals surface area contributed by atoms with E-state index in [-0.39, 0.29) is 25.7 Å². The topological polar surface area (TPSA) is 121 Å². The fraction of sp³-hybridized carbons (Fsp3) is 0.529. The first-order valence-electron chi connectivity index (χ1n) is 8.08. The van der Waals surface area contributed by atoms with Crippen molar-refractivity contribution in [1.82, 2.24) is 0 Å². The fourth-order valence-electron chi connectivity index (χ4n) is 2.86. The number of aliphatic carboxylic acids is 2. The molecular weight excluding hydrogens is 347 g/mol. The van der Waals surface area contributed by atoms with Crippen molar-refractivity contribution in [3.05, 3.63) is 35.9 Å². The minimum absolute atomic E-state index is 0.0699. The van der Waals surface area contributed by atoms with Gasteiger partial charge in [0.05, 0.1) is 5.92 Å². The number of methoxy groups -OCH3 is 1. The van der Waals surface area contributed by atoms with Crippen molar-refractivity contribution >= 4 is 19.3 Å². The highest BCUT2D eigenvalue weighted by atomic mass is 31.2. The monoisotopic (exact) mass is 372 g/mol. The second-order valence-electron chi connectivity index (χ2n) is 5.94. The molecule has 0 aliphatic carbocycles. The lowest BCUT2D eigenvalue weighted by Gasteiger charge is -2.30. The van der Waals surface area contributed by atoms with Crippen LogP contribution in [0.25, 0.3) is 0 Å². The third kappa shape index (κ3) is 5.96. The van der Waals surface area contributed by atoms with E-state index in [1.54, 1.807) is 37.3 Å². The van der Waals surface area contributed by atoms with E-state index in [2.05, 4.69) is 0 Å². The molecule has 0 aromatic heterocycles. The normalized spacial score (nSPS) is 17.2. The maximum absolute atomic E-state index is 13.1. The Balaban J connectivity index is 3.02. The van der Waals surface area contributed by atoms with Gasteiger partial charge in [-0.25, -0.2) is 0 Å². The molecule has 8 heteroatoms. The number of carboxylic acids is 2. The van der Waals surface area contributed by atoms with Crippen molar-refractivity contribution in [3.63, 3.8) is 0 Å². The second-order valence-corrected chi connectivity index (χ2v) is 8.48. The molecule has 0 radical (unpaired) electrons. The zero-order chi connectivity index (χ0) is 19.0. The van der Waals surface area contributed by atoms with Crippen LogP contribution in [0.3, 0.4) is 0 Å². The summed E-state index contributed by atoms with van der Waals surface area (Å²) in [6.45, 7) is 1.71. The Hall–Kier alpha value is -1.69.